The molecule has 2 aromatic heterocycles. The summed E-state index contributed by atoms with van der Waals surface area (Å²) >= 11 is 1.49. The summed E-state index contributed by atoms with van der Waals surface area (Å²) in [7, 11) is -3.60. The molecule has 26 heavy (non-hydrogen) atoms. The van der Waals surface area contributed by atoms with Gasteiger partial charge in [0, 0.05) is 31.9 Å². The van der Waals surface area contributed by atoms with E-state index in [4.69, 9.17) is 4.74 Å². The van der Waals surface area contributed by atoms with Gasteiger partial charge in [-0.1, -0.05) is 6.07 Å². The SMILES string of the molecule is CC(C)n1cc(S(=O)(=O)NCCCN2CCOCC2)c(-c2cccs2)n1. The molecule has 0 unspecified atom stereocenters. The van der Waals surface area contributed by atoms with E-state index in [9.17, 15) is 8.42 Å². The molecule has 0 saturated carbocycles. The highest BCUT2D eigenvalue weighted by atomic mass is 32.2. The van der Waals surface area contributed by atoms with Gasteiger partial charge in [0.2, 0.25) is 10.0 Å². The Kier molecular flexibility index (Phi) is 6.46. The molecule has 0 amide bonds. The molecule has 1 saturated heterocycles. The third-order valence-electron chi connectivity index (χ3n) is 4.32. The molecular weight excluding hydrogens is 372 g/mol. The molecule has 0 aliphatic carbocycles. The zero-order chi connectivity index (χ0) is 18.6. The number of sulfonamides is 1. The summed E-state index contributed by atoms with van der Waals surface area (Å²) in [5.41, 5.74) is 0.523. The molecule has 144 valence electrons. The topological polar surface area (TPSA) is 76.5 Å². The van der Waals surface area contributed by atoms with E-state index in [1.165, 1.54) is 11.3 Å². The lowest BCUT2D eigenvalue weighted by Gasteiger charge is -2.26. The first-order valence-electron chi connectivity index (χ1n) is 8.90. The number of nitrogens with one attached hydrogen (secondary N) is 1. The third-order valence-corrected chi connectivity index (χ3v) is 6.66. The summed E-state index contributed by atoms with van der Waals surface area (Å²) in [6.45, 7) is 8.58. The maximum absolute atomic E-state index is 12.8. The molecule has 0 aromatic carbocycles. The van der Waals surface area contributed by atoms with E-state index < -0.39 is 10.0 Å². The molecule has 0 bridgehead atoms. The van der Waals surface area contributed by atoms with Crippen molar-refractivity contribution in [2.45, 2.75) is 31.2 Å². The molecule has 2 aromatic rings. The number of hydrogen-bond acceptors (Lipinski definition) is 6. The molecular formula is C17H26N4O3S2. The van der Waals surface area contributed by atoms with Crippen LogP contribution in [0.15, 0.2) is 28.6 Å². The fourth-order valence-corrected chi connectivity index (χ4v) is 4.84. The number of thiophene rings is 1. The summed E-state index contributed by atoms with van der Waals surface area (Å²) < 4.78 is 35.5. The van der Waals surface area contributed by atoms with Gasteiger partial charge in [-0.2, -0.15) is 5.10 Å². The largest absolute Gasteiger partial charge is 0.379 e. The minimum atomic E-state index is -3.60. The number of nitrogens with zero attached hydrogens (tertiary/aromatic N) is 3. The van der Waals surface area contributed by atoms with Crippen LogP contribution in [0, 0.1) is 0 Å². The van der Waals surface area contributed by atoms with E-state index in [0.717, 1.165) is 44.1 Å². The van der Waals surface area contributed by atoms with Gasteiger partial charge < -0.3 is 4.74 Å². The summed E-state index contributed by atoms with van der Waals surface area (Å²) in [4.78, 5) is 3.41. The average Bonchev–Trinajstić information content (AvgIpc) is 3.29. The van der Waals surface area contributed by atoms with Crippen LogP contribution in [0.2, 0.25) is 0 Å². The maximum Gasteiger partial charge on any atom is 0.244 e. The van der Waals surface area contributed by atoms with Gasteiger partial charge in [-0.15, -0.1) is 11.3 Å². The predicted octanol–water partition coefficient (Wildman–Crippen LogP) is 2.19. The quantitative estimate of drug-likeness (QED) is 0.690. The van der Waals surface area contributed by atoms with Crippen molar-refractivity contribution in [1.82, 2.24) is 19.4 Å². The van der Waals surface area contributed by atoms with Crippen molar-refractivity contribution in [3.8, 4) is 10.6 Å². The Morgan fingerprint density at radius 3 is 2.77 bits per heavy atom. The molecule has 7 nitrogen and oxygen atoms in total. The number of morpholine rings is 1. The van der Waals surface area contributed by atoms with Crippen molar-refractivity contribution in [1.29, 1.82) is 0 Å². The standard InChI is InChI=1S/C17H26N4O3S2/c1-14(2)21-13-16(17(19-21)15-5-3-12-25-15)26(22,23)18-6-4-7-20-8-10-24-11-9-20/h3,5,12-14,18H,4,6-11H2,1-2H3. The number of ether oxygens (including phenoxy) is 1. The van der Waals surface area contributed by atoms with Gasteiger partial charge in [-0.3, -0.25) is 9.58 Å². The van der Waals surface area contributed by atoms with E-state index in [1.54, 1.807) is 10.9 Å². The van der Waals surface area contributed by atoms with E-state index in [1.807, 2.05) is 31.4 Å². The van der Waals surface area contributed by atoms with Gasteiger partial charge in [0.1, 0.15) is 10.6 Å². The van der Waals surface area contributed by atoms with Crippen molar-refractivity contribution in [3.63, 3.8) is 0 Å². The molecule has 3 heterocycles. The normalized spacial score (nSPS) is 16.4. The van der Waals surface area contributed by atoms with Crippen molar-refractivity contribution < 1.29 is 13.2 Å². The minimum absolute atomic E-state index is 0.0963. The summed E-state index contributed by atoms with van der Waals surface area (Å²) in [5.74, 6) is 0. The minimum Gasteiger partial charge on any atom is -0.379 e. The third kappa shape index (κ3) is 4.72. The van der Waals surface area contributed by atoms with Crippen LogP contribution in [0.1, 0.15) is 26.3 Å². The highest BCUT2D eigenvalue weighted by Crippen LogP contribution is 2.30. The zero-order valence-electron chi connectivity index (χ0n) is 15.2. The van der Waals surface area contributed by atoms with Gasteiger partial charge in [-0.25, -0.2) is 13.1 Å². The second-order valence-electron chi connectivity index (χ2n) is 6.60. The van der Waals surface area contributed by atoms with E-state index in [2.05, 4.69) is 14.7 Å². The first kappa shape index (κ1) is 19.5. The summed E-state index contributed by atoms with van der Waals surface area (Å²) in [6.07, 6.45) is 2.40. The highest BCUT2D eigenvalue weighted by Gasteiger charge is 2.24. The lowest BCUT2D eigenvalue weighted by Crippen LogP contribution is -2.38. The molecule has 1 aliphatic rings. The van der Waals surface area contributed by atoms with Crippen LogP contribution < -0.4 is 4.72 Å². The van der Waals surface area contributed by atoms with Crippen molar-refractivity contribution in [3.05, 3.63) is 23.7 Å². The summed E-state index contributed by atoms with van der Waals surface area (Å²) in [6, 6.07) is 3.90. The maximum atomic E-state index is 12.8. The van der Waals surface area contributed by atoms with Crippen molar-refractivity contribution in [2.24, 2.45) is 0 Å². The van der Waals surface area contributed by atoms with Gasteiger partial charge in [0.05, 0.1) is 18.1 Å². The Morgan fingerprint density at radius 2 is 2.12 bits per heavy atom. The Morgan fingerprint density at radius 1 is 1.35 bits per heavy atom. The van der Waals surface area contributed by atoms with Gasteiger partial charge in [0.15, 0.2) is 0 Å². The number of hydrogen-bond donors (Lipinski definition) is 1. The monoisotopic (exact) mass is 398 g/mol. The summed E-state index contributed by atoms with van der Waals surface area (Å²) in [5, 5.41) is 6.43. The van der Waals surface area contributed by atoms with Crippen LogP contribution in [0.4, 0.5) is 0 Å². The fourth-order valence-electron chi connectivity index (χ4n) is 2.83. The fraction of sp³-hybridized carbons (Fsp3) is 0.588. The molecule has 0 radical (unpaired) electrons. The first-order valence-corrected chi connectivity index (χ1v) is 11.3. The van der Waals surface area contributed by atoms with Crippen LogP contribution in [0.25, 0.3) is 10.6 Å². The predicted molar refractivity (Wildman–Crippen MR) is 103 cm³/mol. The zero-order valence-corrected chi connectivity index (χ0v) is 16.9. The van der Waals surface area contributed by atoms with Crippen LogP contribution in [0.5, 0.6) is 0 Å². The van der Waals surface area contributed by atoms with Crippen LogP contribution in [0.3, 0.4) is 0 Å². The molecule has 0 spiro atoms. The van der Waals surface area contributed by atoms with Crippen LogP contribution in [-0.4, -0.2) is 62.5 Å². The van der Waals surface area contributed by atoms with Crippen molar-refractivity contribution >= 4 is 21.4 Å². The Balaban J connectivity index is 1.68. The average molecular weight is 399 g/mol. The second-order valence-corrected chi connectivity index (χ2v) is 9.28. The lowest BCUT2D eigenvalue weighted by atomic mass is 10.3. The van der Waals surface area contributed by atoms with Crippen molar-refractivity contribution in [2.75, 3.05) is 39.4 Å². The molecule has 9 heteroatoms. The van der Waals surface area contributed by atoms with Crippen LogP contribution >= 0.6 is 11.3 Å². The Hall–Kier alpha value is -1.26. The Labute approximate surface area is 159 Å². The number of rotatable bonds is 8. The first-order chi connectivity index (χ1) is 12.5. The molecule has 1 aliphatic heterocycles. The Bertz CT molecular complexity index is 794. The number of aromatic nitrogens is 2. The molecule has 1 N–H and O–H groups in total. The highest BCUT2D eigenvalue weighted by molar-refractivity contribution is 7.89. The van der Waals surface area contributed by atoms with Crippen LogP contribution in [-0.2, 0) is 14.8 Å². The second kappa shape index (κ2) is 8.62. The van der Waals surface area contributed by atoms with Gasteiger partial charge in [0.25, 0.3) is 0 Å². The van der Waals surface area contributed by atoms with Gasteiger partial charge >= 0.3 is 0 Å². The smallest absolute Gasteiger partial charge is 0.244 e. The molecule has 1 fully saturated rings. The lowest BCUT2D eigenvalue weighted by molar-refractivity contribution is 0.0376. The van der Waals surface area contributed by atoms with Gasteiger partial charge in [-0.05, 0) is 38.3 Å². The van der Waals surface area contributed by atoms with E-state index in [0.29, 0.717) is 12.2 Å². The molecule has 0 atom stereocenters. The van der Waals surface area contributed by atoms with E-state index in [-0.39, 0.29) is 10.9 Å². The van der Waals surface area contributed by atoms with E-state index >= 15 is 0 Å². The molecule has 3 rings (SSSR count).